The van der Waals surface area contributed by atoms with E-state index in [1.165, 1.54) is 11.3 Å². The predicted octanol–water partition coefficient (Wildman–Crippen LogP) is 4.23. The highest BCUT2D eigenvalue weighted by atomic mass is 16.2. The normalized spacial score (nSPS) is 21.8. The molecule has 144 valence electrons. The lowest BCUT2D eigenvalue weighted by Crippen LogP contribution is -2.50. The third kappa shape index (κ3) is 3.57. The molecule has 2 fully saturated rings. The number of carbonyl (C=O) groups is 3. The number of ketones is 1. The molecule has 1 heterocycles. The summed E-state index contributed by atoms with van der Waals surface area (Å²) in [5.41, 5.74) is 1.38. The SMILES string of the molecule is O=C(CN1C(=O)NC(=O)N(C2CCCCC2)c2ccccc21)C1CCCC1. The third-order valence-corrected chi connectivity index (χ3v) is 6.17. The van der Waals surface area contributed by atoms with E-state index in [0.717, 1.165) is 57.1 Å². The van der Waals surface area contributed by atoms with Crippen molar-refractivity contribution in [1.29, 1.82) is 0 Å². The van der Waals surface area contributed by atoms with Crippen LogP contribution in [0.1, 0.15) is 57.8 Å². The quantitative estimate of drug-likeness (QED) is 0.863. The van der Waals surface area contributed by atoms with E-state index >= 15 is 0 Å². The fourth-order valence-electron chi connectivity index (χ4n) is 4.73. The molecule has 2 saturated carbocycles. The Morgan fingerprint density at radius 3 is 2.22 bits per heavy atom. The van der Waals surface area contributed by atoms with Gasteiger partial charge in [0.05, 0.1) is 17.9 Å². The molecule has 2 aliphatic carbocycles. The van der Waals surface area contributed by atoms with Gasteiger partial charge in [0.1, 0.15) is 0 Å². The molecule has 0 spiro atoms. The first-order valence-electron chi connectivity index (χ1n) is 10.2. The van der Waals surface area contributed by atoms with E-state index in [1.54, 1.807) is 4.90 Å². The summed E-state index contributed by atoms with van der Waals surface area (Å²) < 4.78 is 0. The first-order chi connectivity index (χ1) is 13.1. The zero-order valence-electron chi connectivity index (χ0n) is 15.7. The molecule has 4 amide bonds. The minimum Gasteiger partial charge on any atom is -0.297 e. The van der Waals surface area contributed by atoms with Crippen LogP contribution in [0.15, 0.2) is 24.3 Å². The number of nitrogens with one attached hydrogen (secondary N) is 1. The topological polar surface area (TPSA) is 69.7 Å². The molecule has 0 saturated heterocycles. The molecular formula is C21H27N3O3. The van der Waals surface area contributed by atoms with Crippen LogP contribution in [0, 0.1) is 5.92 Å². The number of fused-ring (bicyclic) bond motifs is 1. The third-order valence-electron chi connectivity index (χ3n) is 6.17. The van der Waals surface area contributed by atoms with Gasteiger partial charge in [0.15, 0.2) is 5.78 Å². The molecule has 4 rings (SSSR count). The van der Waals surface area contributed by atoms with Crippen LogP contribution in [0.2, 0.25) is 0 Å². The Kier molecular flexibility index (Phi) is 5.14. The number of amides is 4. The van der Waals surface area contributed by atoms with Crippen LogP contribution in [0.5, 0.6) is 0 Å². The lowest BCUT2D eigenvalue weighted by molar-refractivity contribution is -0.121. The number of benzene rings is 1. The van der Waals surface area contributed by atoms with Crippen LogP contribution in [0.3, 0.4) is 0 Å². The van der Waals surface area contributed by atoms with Crippen LogP contribution in [0.4, 0.5) is 21.0 Å². The maximum Gasteiger partial charge on any atom is 0.330 e. The van der Waals surface area contributed by atoms with E-state index in [2.05, 4.69) is 5.32 Å². The molecule has 0 aromatic heterocycles. The van der Waals surface area contributed by atoms with Gasteiger partial charge in [-0.3, -0.25) is 19.9 Å². The van der Waals surface area contributed by atoms with Gasteiger partial charge >= 0.3 is 12.1 Å². The molecule has 1 aromatic carbocycles. The van der Waals surface area contributed by atoms with Crippen molar-refractivity contribution in [2.75, 3.05) is 16.3 Å². The van der Waals surface area contributed by atoms with E-state index in [-0.39, 0.29) is 30.3 Å². The van der Waals surface area contributed by atoms with Gasteiger partial charge in [-0.2, -0.15) is 0 Å². The molecule has 6 heteroatoms. The van der Waals surface area contributed by atoms with Crippen molar-refractivity contribution in [3.63, 3.8) is 0 Å². The Bertz CT molecular complexity index is 736. The molecule has 0 atom stereocenters. The van der Waals surface area contributed by atoms with Crippen LogP contribution in [-0.4, -0.2) is 30.4 Å². The number of para-hydroxylation sites is 2. The minimum absolute atomic E-state index is 0.0271. The molecule has 6 nitrogen and oxygen atoms in total. The van der Waals surface area contributed by atoms with E-state index < -0.39 is 6.03 Å². The van der Waals surface area contributed by atoms with Crippen LogP contribution >= 0.6 is 0 Å². The number of hydrogen-bond donors (Lipinski definition) is 1. The van der Waals surface area contributed by atoms with Crippen molar-refractivity contribution in [2.24, 2.45) is 5.92 Å². The fourth-order valence-corrected chi connectivity index (χ4v) is 4.73. The molecule has 3 aliphatic rings. The zero-order valence-corrected chi connectivity index (χ0v) is 15.7. The standard InChI is InChI=1S/C21H27N3O3/c25-19(15-8-4-5-9-15)14-23-17-12-6-7-13-18(17)24(21(27)22-20(23)26)16-10-2-1-3-11-16/h6-7,12-13,15-16H,1-5,8-11,14H2,(H,22,26,27). The number of carbonyl (C=O) groups excluding carboxylic acids is 3. The van der Waals surface area contributed by atoms with Crippen LogP contribution in [-0.2, 0) is 4.79 Å². The second-order valence-corrected chi connectivity index (χ2v) is 7.92. The van der Waals surface area contributed by atoms with Crippen molar-refractivity contribution >= 4 is 29.2 Å². The number of hydrogen-bond acceptors (Lipinski definition) is 3. The lowest BCUT2D eigenvalue weighted by atomic mass is 9.94. The molecule has 1 aliphatic heterocycles. The monoisotopic (exact) mass is 369 g/mol. The molecule has 1 aromatic rings. The summed E-state index contributed by atoms with van der Waals surface area (Å²) in [6.45, 7) is 0.0271. The predicted molar refractivity (Wildman–Crippen MR) is 104 cm³/mol. The highest BCUT2D eigenvalue weighted by molar-refractivity contribution is 6.14. The van der Waals surface area contributed by atoms with E-state index in [9.17, 15) is 14.4 Å². The largest absolute Gasteiger partial charge is 0.330 e. The van der Waals surface area contributed by atoms with Crippen molar-refractivity contribution in [2.45, 2.75) is 63.8 Å². The van der Waals surface area contributed by atoms with Crippen molar-refractivity contribution in [3.8, 4) is 0 Å². The molecular weight excluding hydrogens is 342 g/mol. The Morgan fingerprint density at radius 2 is 1.52 bits per heavy atom. The summed E-state index contributed by atoms with van der Waals surface area (Å²) >= 11 is 0. The molecule has 0 bridgehead atoms. The maximum atomic E-state index is 12.9. The van der Waals surface area contributed by atoms with Gasteiger partial charge in [0.25, 0.3) is 0 Å². The highest BCUT2D eigenvalue weighted by Crippen LogP contribution is 2.36. The minimum atomic E-state index is -0.503. The average molecular weight is 369 g/mol. The van der Waals surface area contributed by atoms with Crippen LogP contribution in [0.25, 0.3) is 0 Å². The van der Waals surface area contributed by atoms with Gasteiger partial charge in [0, 0.05) is 12.0 Å². The Hall–Kier alpha value is -2.37. The number of rotatable bonds is 4. The first kappa shape index (κ1) is 18.0. The smallest absolute Gasteiger partial charge is 0.297 e. The molecule has 27 heavy (non-hydrogen) atoms. The van der Waals surface area contributed by atoms with Gasteiger partial charge in [-0.15, -0.1) is 0 Å². The number of nitrogens with zero attached hydrogens (tertiary/aromatic N) is 2. The summed E-state index contributed by atoms with van der Waals surface area (Å²) in [5, 5.41) is 2.50. The first-order valence-corrected chi connectivity index (χ1v) is 10.2. The second kappa shape index (κ2) is 7.71. The fraction of sp³-hybridized carbons (Fsp3) is 0.571. The molecule has 0 radical (unpaired) electrons. The van der Waals surface area contributed by atoms with E-state index in [0.29, 0.717) is 5.69 Å². The Balaban J connectivity index is 1.66. The average Bonchev–Trinajstić information content (AvgIpc) is 3.19. The second-order valence-electron chi connectivity index (χ2n) is 7.92. The van der Waals surface area contributed by atoms with E-state index in [4.69, 9.17) is 0 Å². The number of imide groups is 1. The highest BCUT2D eigenvalue weighted by Gasteiger charge is 2.37. The Labute approximate surface area is 159 Å². The summed E-state index contributed by atoms with van der Waals surface area (Å²) in [6, 6.07) is 6.67. The zero-order chi connectivity index (χ0) is 18.8. The summed E-state index contributed by atoms with van der Waals surface area (Å²) in [4.78, 5) is 41.6. The van der Waals surface area contributed by atoms with Crippen molar-refractivity contribution in [1.82, 2.24) is 5.32 Å². The van der Waals surface area contributed by atoms with Gasteiger partial charge in [-0.1, -0.05) is 44.2 Å². The van der Waals surface area contributed by atoms with E-state index in [1.807, 2.05) is 24.3 Å². The molecule has 0 unspecified atom stereocenters. The summed E-state index contributed by atoms with van der Waals surface area (Å²) in [7, 11) is 0. The number of urea groups is 2. The number of anilines is 2. The number of Topliss-reactive ketones (excluding diaryl/α,β-unsaturated/α-hetero) is 1. The summed E-state index contributed by atoms with van der Waals surface area (Å²) in [6.07, 6.45) is 9.22. The summed E-state index contributed by atoms with van der Waals surface area (Å²) in [5.74, 6) is 0.134. The lowest BCUT2D eigenvalue weighted by Gasteiger charge is -2.33. The van der Waals surface area contributed by atoms with Crippen molar-refractivity contribution in [3.05, 3.63) is 24.3 Å². The van der Waals surface area contributed by atoms with Gasteiger partial charge in [-0.25, -0.2) is 9.59 Å². The van der Waals surface area contributed by atoms with Gasteiger partial charge < -0.3 is 0 Å². The van der Waals surface area contributed by atoms with Crippen molar-refractivity contribution < 1.29 is 14.4 Å². The van der Waals surface area contributed by atoms with Gasteiger partial charge in [0.2, 0.25) is 0 Å². The molecule has 1 N–H and O–H groups in total. The maximum absolute atomic E-state index is 12.9. The van der Waals surface area contributed by atoms with Gasteiger partial charge in [-0.05, 0) is 37.8 Å². The Morgan fingerprint density at radius 1 is 0.889 bits per heavy atom. The van der Waals surface area contributed by atoms with Crippen LogP contribution < -0.4 is 15.1 Å².